The van der Waals surface area contributed by atoms with Crippen LogP contribution in [-0.4, -0.2) is 26.9 Å². The summed E-state index contributed by atoms with van der Waals surface area (Å²) in [7, 11) is 1.65. The predicted octanol–water partition coefficient (Wildman–Crippen LogP) is 3.26. The van der Waals surface area contributed by atoms with E-state index in [-0.39, 0.29) is 0 Å². The summed E-state index contributed by atoms with van der Waals surface area (Å²) in [6.07, 6.45) is 2.19. The smallest absolute Gasteiger partial charge is 0.234 e. The van der Waals surface area contributed by atoms with Crippen molar-refractivity contribution >= 4 is 16.3 Å². The molecular weight excluding hydrogens is 284 g/mol. The van der Waals surface area contributed by atoms with Crippen LogP contribution in [0.4, 0.5) is 0 Å². The average molecular weight is 302 g/mol. The minimum Gasteiger partial charge on any atom is -0.377 e. The molecule has 3 rings (SSSR count). The molecule has 1 aromatic carbocycles. The number of methoxy groups -OCH3 is 1. The molecule has 0 bridgehead atoms. The van der Waals surface area contributed by atoms with Crippen molar-refractivity contribution in [1.82, 2.24) is 19.8 Å². The highest BCUT2D eigenvalue weighted by Crippen LogP contribution is 2.32. The van der Waals surface area contributed by atoms with Crippen LogP contribution >= 0.6 is 11.3 Å². The maximum absolute atomic E-state index is 5.14. The lowest BCUT2D eigenvalue weighted by atomic mass is 9.95. The van der Waals surface area contributed by atoms with Crippen molar-refractivity contribution in [1.29, 1.82) is 0 Å². The van der Waals surface area contributed by atoms with Crippen LogP contribution in [0.2, 0.25) is 0 Å². The first-order valence-corrected chi connectivity index (χ1v) is 7.90. The Kier molecular flexibility index (Phi) is 4.26. The van der Waals surface area contributed by atoms with E-state index in [1.807, 2.05) is 6.07 Å². The Labute approximate surface area is 127 Å². The van der Waals surface area contributed by atoms with Gasteiger partial charge in [0.25, 0.3) is 0 Å². The molecule has 0 saturated carbocycles. The minimum atomic E-state index is 0.318. The van der Waals surface area contributed by atoms with Crippen LogP contribution in [0.25, 0.3) is 4.96 Å². The zero-order chi connectivity index (χ0) is 14.7. The van der Waals surface area contributed by atoms with Gasteiger partial charge < -0.3 is 4.74 Å². The molecule has 0 saturated heterocycles. The normalized spacial score (nSPS) is 12.9. The first-order valence-electron chi connectivity index (χ1n) is 7.08. The Morgan fingerprint density at radius 2 is 2.05 bits per heavy atom. The van der Waals surface area contributed by atoms with E-state index in [9.17, 15) is 0 Å². The summed E-state index contributed by atoms with van der Waals surface area (Å²) in [6, 6.07) is 10.5. The van der Waals surface area contributed by atoms with Gasteiger partial charge in [-0.15, -0.1) is 10.2 Å². The third kappa shape index (κ3) is 2.82. The van der Waals surface area contributed by atoms with Crippen LogP contribution in [0.3, 0.4) is 0 Å². The van der Waals surface area contributed by atoms with Gasteiger partial charge >= 0.3 is 0 Å². The first kappa shape index (κ1) is 14.2. The van der Waals surface area contributed by atoms with Crippen LogP contribution in [-0.2, 0) is 11.3 Å². The maximum Gasteiger partial charge on any atom is 0.234 e. The van der Waals surface area contributed by atoms with Gasteiger partial charge in [0.05, 0.1) is 0 Å². The first-order chi connectivity index (χ1) is 10.3. The number of rotatable bonds is 6. The van der Waals surface area contributed by atoms with E-state index < -0.39 is 0 Å². The van der Waals surface area contributed by atoms with Crippen molar-refractivity contribution in [2.45, 2.75) is 32.3 Å². The Bertz CT molecular complexity index is 707. The average Bonchev–Trinajstić information content (AvgIpc) is 3.08. The standard InChI is InChI=1S/C15H18N4OS/c1-3-7-12(11-8-5-4-6-9-11)14-18-19-13(10-20-2)16-17-15(19)21-14/h4-6,8-9,12H,3,7,10H2,1-2H3/t12-/m1/s1. The van der Waals surface area contributed by atoms with E-state index in [1.54, 1.807) is 23.0 Å². The highest BCUT2D eigenvalue weighted by molar-refractivity contribution is 7.16. The maximum atomic E-state index is 5.14. The van der Waals surface area contributed by atoms with Gasteiger partial charge in [-0.05, 0) is 12.0 Å². The molecule has 0 amide bonds. The molecule has 0 aliphatic rings. The molecule has 0 fully saturated rings. The summed E-state index contributed by atoms with van der Waals surface area (Å²) in [5, 5.41) is 14.1. The summed E-state index contributed by atoms with van der Waals surface area (Å²) in [5.41, 5.74) is 1.30. The molecule has 0 radical (unpaired) electrons. The fourth-order valence-electron chi connectivity index (χ4n) is 2.44. The summed E-state index contributed by atoms with van der Waals surface area (Å²) < 4.78 is 6.94. The van der Waals surface area contributed by atoms with E-state index in [0.29, 0.717) is 12.5 Å². The third-order valence-corrected chi connectivity index (χ3v) is 4.43. The zero-order valence-corrected chi connectivity index (χ0v) is 13.0. The Morgan fingerprint density at radius 3 is 2.76 bits per heavy atom. The highest BCUT2D eigenvalue weighted by atomic mass is 32.1. The van der Waals surface area contributed by atoms with Gasteiger partial charge in [-0.2, -0.15) is 9.61 Å². The SMILES string of the molecule is CCC[C@H](c1ccccc1)c1nn2c(COC)nnc2s1. The second kappa shape index (κ2) is 6.32. The number of nitrogens with zero attached hydrogens (tertiary/aromatic N) is 4. The number of hydrogen-bond donors (Lipinski definition) is 0. The molecule has 0 unspecified atom stereocenters. The lowest BCUT2D eigenvalue weighted by Gasteiger charge is -2.13. The predicted molar refractivity (Wildman–Crippen MR) is 82.6 cm³/mol. The van der Waals surface area contributed by atoms with Crippen LogP contribution < -0.4 is 0 Å². The summed E-state index contributed by atoms with van der Waals surface area (Å²) >= 11 is 1.61. The number of hydrogen-bond acceptors (Lipinski definition) is 5. The van der Waals surface area contributed by atoms with Gasteiger partial charge in [-0.25, -0.2) is 0 Å². The van der Waals surface area contributed by atoms with Crippen molar-refractivity contribution < 1.29 is 4.74 Å². The minimum absolute atomic E-state index is 0.318. The third-order valence-electron chi connectivity index (χ3n) is 3.42. The molecular formula is C15H18N4OS. The van der Waals surface area contributed by atoms with E-state index in [2.05, 4.69) is 41.4 Å². The second-order valence-corrected chi connectivity index (χ2v) is 5.92. The van der Waals surface area contributed by atoms with Crippen molar-refractivity contribution in [2.75, 3.05) is 7.11 Å². The van der Waals surface area contributed by atoms with Gasteiger partial charge in [0.15, 0.2) is 5.82 Å². The van der Waals surface area contributed by atoms with Gasteiger partial charge in [-0.1, -0.05) is 55.0 Å². The molecule has 2 aromatic heterocycles. The Hall–Kier alpha value is -1.79. The van der Waals surface area contributed by atoms with Crippen LogP contribution in [0, 0.1) is 0 Å². The lowest BCUT2D eigenvalue weighted by molar-refractivity contribution is 0.176. The number of benzene rings is 1. The highest BCUT2D eigenvalue weighted by Gasteiger charge is 2.20. The fraction of sp³-hybridized carbons (Fsp3) is 0.400. The van der Waals surface area contributed by atoms with Crippen molar-refractivity contribution in [3.8, 4) is 0 Å². The molecule has 6 heteroatoms. The molecule has 3 aromatic rings. The van der Waals surface area contributed by atoms with E-state index in [1.165, 1.54) is 5.56 Å². The van der Waals surface area contributed by atoms with Crippen molar-refractivity contribution in [3.63, 3.8) is 0 Å². The molecule has 1 atom stereocenters. The summed E-state index contributed by atoms with van der Waals surface area (Å²) in [5.74, 6) is 1.07. The number of fused-ring (bicyclic) bond motifs is 1. The van der Waals surface area contributed by atoms with Gasteiger partial charge in [0, 0.05) is 13.0 Å². The van der Waals surface area contributed by atoms with E-state index in [0.717, 1.165) is 28.6 Å². The Balaban J connectivity index is 1.99. The van der Waals surface area contributed by atoms with Crippen LogP contribution in [0.1, 0.15) is 42.1 Å². The topological polar surface area (TPSA) is 52.3 Å². The molecule has 0 aliphatic carbocycles. The molecule has 110 valence electrons. The van der Waals surface area contributed by atoms with Crippen LogP contribution in [0.5, 0.6) is 0 Å². The molecule has 0 spiro atoms. The second-order valence-electron chi connectivity index (χ2n) is 4.94. The summed E-state index contributed by atoms with van der Waals surface area (Å²) in [4.78, 5) is 0.828. The summed E-state index contributed by atoms with van der Waals surface area (Å²) in [6.45, 7) is 2.63. The molecule has 21 heavy (non-hydrogen) atoms. The molecule has 0 N–H and O–H groups in total. The largest absolute Gasteiger partial charge is 0.377 e. The van der Waals surface area contributed by atoms with Crippen molar-refractivity contribution in [2.24, 2.45) is 0 Å². The quantitative estimate of drug-likeness (QED) is 0.701. The monoisotopic (exact) mass is 302 g/mol. The van der Waals surface area contributed by atoms with E-state index >= 15 is 0 Å². The van der Waals surface area contributed by atoms with Crippen molar-refractivity contribution in [3.05, 3.63) is 46.7 Å². The lowest BCUT2D eigenvalue weighted by Crippen LogP contribution is -2.03. The van der Waals surface area contributed by atoms with Gasteiger partial charge in [0.1, 0.15) is 11.6 Å². The number of aromatic nitrogens is 4. The van der Waals surface area contributed by atoms with Crippen LogP contribution in [0.15, 0.2) is 30.3 Å². The zero-order valence-electron chi connectivity index (χ0n) is 12.2. The van der Waals surface area contributed by atoms with E-state index in [4.69, 9.17) is 9.84 Å². The molecule has 5 nitrogen and oxygen atoms in total. The Morgan fingerprint density at radius 1 is 1.24 bits per heavy atom. The molecule has 0 aliphatic heterocycles. The van der Waals surface area contributed by atoms with Gasteiger partial charge in [0.2, 0.25) is 4.96 Å². The fourth-order valence-corrected chi connectivity index (χ4v) is 3.46. The van der Waals surface area contributed by atoms with Gasteiger partial charge in [-0.3, -0.25) is 0 Å². The number of ether oxygens (including phenoxy) is 1. The molecule has 2 heterocycles.